The van der Waals surface area contributed by atoms with Crippen LogP contribution in [0.3, 0.4) is 0 Å². The average molecular weight is 422 g/mol. The van der Waals surface area contributed by atoms with E-state index in [0.29, 0.717) is 30.2 Å². The molecule has 3 aliphatic rings. The van der Waals surface area contributed by atoms with Gasteiger partial charge in [-0.15, -0.1) is 0 Å². The van der Waals surface area contributed by atoms with Gasteiger partial charge in [0.1, 0.15) is 11.6 Å². The maximum atomic E-state index is 13.8. The van der Waals surface area contributed by atoms with E-state index < -0.39 is 0 Å². The van der Waals surface area contributed by atoms with Crippen molar-refractivity contribution in [2.45, 2.75) is 51.1 Å². The van der Waals surface area contributed by atoms with Crippen LogP contribution in [0.5, 0.6) is 0 Å². The number of fused-ring (bicyclic) bond motifs is 4. The first-order valence-corrected chi connectivity index (χ1v) is 11.3. The molecule has 1 amide bonds. The van der Waals surface area contributed by atoms with E-state index in [1.807, 2.05) is 18.2 Å². The Morgan fingerprint density at radius 2 is 2.03 bits per heavy atom. The summed E-state index contributed by atoms with van der Waals surface area (Å²) in [6, 6.07) is 10.9. The molecule has 5 rings (SSSR count). The number of aromatic nitrogens is 1. The van der Waals surface area contributed by atoms with Crippen molar-refractivity contribution in [1.82, 2.24) is 9.88 Å². The van der Waals surface area contributed by atoms with E-state index in [2.05, 4.69) is 14.8 Å². The van der Waals surface area contributed by atoms with E-state index in [1.165, 1.54) is 6.07 Å². The van der Waals surface area contributed by atoms with Crippen LogP contribution in [0, 0.1) is 17.7 Å². The molecule has 3 fully saturated rings. The van der Waals surface area contributed by atoms with Gasteiger partial charge in [-0.25, -0.2) is 9.37 Å². The second-order valence-electron chi connectivity index (χ2n) is 9.28. The average Bonchev–Trinajstić information content (AvgIpc) is 2.77. The van der Waals surface area contributed by atoms with Crippen LogP contribution >= 0.6 is 0 Å². The monoisotopic (exact) mass is 421 g/mol. The largest absolute Gasteiger partial charge is 0.356 e. The maximum absolute atomic E-state index is 13.8. The van der Waals surface area contributed by atoms with E-state index in [-0.39, 0.29) is 29.6 Å². The molecular formula is C25H28FN3O2. The predicted octanol–water partition coefficient (Wildman–Crippen LogP) is 3.87. The van der Waals surface area contributed by atoms with Crippen molar-refractivity contribution < 1.29 is 14.0 Å². The molecule has 0 spiro atoms. The van der Waals surface area contributed by atoms with Gasteiger partial charge < -0.3 is 9.80 Å². The fourth-order valence-electron chi connectivity index (χ4n) is 5.91. The van der Waals surface area contributed by atoms with Crippen molar-refractivity contribution in [3.63, 3.8) is 0 Å². The SMILES string of the molecule is CC(=O)c1ccc(N2C[C@H]3C[C@@H](C2)[C@H](Cc2cccc(F)c2)N2C(=O)CCC[C@@H]32)nc1. The summed E-state index contributed by atoms with van der Waals surface area (Å²) < 4.78 is 13.8. The summed E-state index contributed by atoms with van der Waals surface area (Å²) in [6.07, 6.45) is 6.03. The Labute approximate surface area is 182 Å². The van der Waals surface area contributed by atoms with Crippen molar-refractivity contribution >= 4 is 17.5 Å². The van der Waals surface area contributed by atoms with Crippen LogP contribution in [0.2, 0.25) is 0 Å². The zero-order chi connectivity index (χ0) is 21.5. The lowest BCUT2D eigenvalue weighted by Crippen LogP contribution is -2.65. The van der Waals surface area contributed by atoms with E-state index in [1.54, 1.807) is 25.3 Å². The zero-order valence-corrected chi connectivity index (χ0v) is 17.8. The normalized spacial score (nSPS) is 27.7. The molecule has 3 saturated heterocycles. The highest BCUT2D eigenvalue weighted by Gasteiger charge is 2.49. The number of halogens is 1. The minimum absolute atomic E-state index is 0.0149. The third-order valence-corrected chi connectivity index (χ3v) is 7.31. The molecule has 0 radical (unpaired) electrons. The number of nitrogens with zero attached hydrogens (tertiary/aromatic N) is 3. The fourth-order valence-corrected chi connectivity index (χ4v) is 5.91. The van der Waals surface area contributed by atoms with Crippen LogP contribution in [0.1, 0.15) is 48.5 Å². The standard InChI is InChI=1S/C25H28FN3O2/c1-16(30)18-8-9-24(27-13-18)28-14-19-12-20(15-28)23(11-17-4-2-5-21(26)10-17)29-22(19)6-3-7-25(29)31/h2,4-5,8-10,13,19-20,22-23H,3,6-7,11-12,14-15H2,1H3/t19-,20+,22+,23+/m1/s1. The van der Waals surface area contributed by atoms with Gasteiger partial charge in [-0.05, 0) is 74.3 Å². The molecule has 5 nitrogen and oxygen atoms in total. The van der Waals surface area contributed by atoms with Gasteiger partial charge in [0, 0.05) is 43.4 Å². The first kappa shape index (κ1) is 20.2. The summed E-state index contributed by atoms with van der Waals surface area (Å²) in [5.41, 5.74) is 1.57. The molecule has 1 aromatic heterocycles. The Morgan fingerprint density at radius 3 is 2.77 bits per heavy atom. The number of hydrogen-bond acceptors (Lipinski definition) is 4. The smallest absolute Gasteiger partial charge is 0.223 e. The van der Waals surface area contributed by atoms with Gasteiger partial charge in [0.15, 0.2) is 5.78 Å². The number of rotatable bonds is 4. The summed E-state index contributed by atoms with van der Waals surface area (Å²) in [5.74, 6) is 1.66. The second kappa shape index (κ2) is 8.06. The van der Waals surface area contributed by atoms with Crippen molar-refractivity contribution in [3.05, 3.63) is 59.5 Å². The molecule has 6 heteroatoms. The van der Waals surface area contributed by atoms with Gasteiger partial charge in [0.25, 0.3) is 0 Å². The molecule has 0 aliphatic carbocycles. The van der Waals surface area contributed by atoms with Crippen LogP contribution in [0.25, 0.3) is 0 Å². The number of pyridine rings is 1. The van der Waals surface area contributed by atoms with E-state index in [4.69, 9.17) is 0 Å². The molecular weight excluding hydrogens is 393 g/mol. The molecule has 2 bridgehead atoms. The van der Waals surface area contributed by atoms with Crippen LogP contribution in [-0.2, 0) is 11.2 Å². The summed E-state index contributed by atoms with van der Waals surface area (Å²) in [5, 5.41) is 0. The number of piperidine rings is 3. The van der Waals surface area contributed by atoms with Crippen LogP contribution < -0.4 is 4.90 Å². The Kier molecular flexibility index (Phi) is 5.24. The number of Topliss-reactive ketones (excluding diaryl/α,β-unsaturated/α-hetero) is 1. The van der Waals surface area contributed by atoms with Gasteiger partial charge in [-0.2, -0.15) is 0 Å². The molecule has 0 saturated carbocycles. The van der Waals surface area contributed by atoms with Gasteiger partial charge >= 0.3 is 0 Å². The molecule has 3 aliphatic heterocycles. The quantitative estimate of drug-likeness (QED) is 0.704. The minimum Gasteiger partial charge on any atom is -0.356 e. The summed E-state index contributed by atoms with van der Waals surface area (Å²) in [6.45, 7) is 3.25. The number of anilines is 1. The number of amides is 1. The molecule has 162 valence electrons. The van der Waals surface area contributed by atoms with E-state index in [9.17, 15) is 14.0 Å². The number of carbonyl (C=O) groups is 2. The lowest BCUT2D eigenvalue weighted by molar-refractivity contribution is -0.148. The number of ketones is 1. The molecule has 4 atom stereocenters. The molecule has 0 unspecified atom stereocenters. The lowest BCUT2D eigenvalue weighted by atomic mass is 9.70. The van der Waals surface area contributed by atoms with Gasteiger partial charge in [0.05, 0.1) is 0 Å². The highest BCUT2D eigenvalue weighted by atomic mass is 19.1. The highest BCUT2D eigenvalue weighted by molar-refractivity contribution is 5.93. The fraction of sp³-hybridized carbons (Fsp3) is 0.480. The Morgan fingerprint density at radius 1 is 1.19 bits per heavy atom. The topological polar surface area (TPSA) is 53.5 Å². The van der Waals surface area contributed by atoms with Crippen LogP contribution in [0.4, 0.5) is 10.2 Å². The lowest BCUT2D eigenvalue weighted by Gasteiger charge is -2.57. The third kappa shape index (κ3) is 3.84. The predicted molar refractivity (Wildman–Crippen MR) is 116 cm³/mol. The summed E-state index contributed by atoms with van der Waals surface area (Å²) >= 11 is 0. The van der Waals surface area contributed by atoms with Crippen molar-refractivity contribution in [2.24, 2.45) is 11.8 Å². The van der Waals surface area contributed by atoms with E-state index >= 15 is 0 Å². The van der Waals surface area contributed by atoms with Crippen LogP contribution in [0.15, 0.2) is 42.6 Å². The van der Waals surface area contributed by atoms with E-state index in [0.717, 1.165) is 43.7 Å². The molecule has 1 aromatic carbocycles. The maximum Gasteiger partial charge on any atom is 0.223 e. The number of hydrogen-bond donors (Lipinski definition) is 0. The third-order valence-electron chi connectivity index (χ3n) is 7.31. The first-order chi connectivity index (χ1) is 15.0. The molecule has 2 aromatic rings. The minimum atomic E-state index is -0.229. The van der Waals surface area contributed by atoms with Crippen molar-refractivity contribution in [2.75, 3.05) is 18.0 Å². The number of benzene rings is 1. The number of carbonyl (C=O) groups excluding carboxylic acids is 2. The van der Waals surface area contributed by atoms with Gasteiger partial charge in [-0.1, -0.05) is 12.1 Å². The zero-order valence-electron chi connectivity index (χ0n) is 17.8. The Bertz CT molecular complexity index is 993. The Hall–Kier alpha value is -2.76. The highest BCUT2D eigenvalue weighted by Crippen LogP contribution is 2.43. The second-order valence-corrected chi connectivity index (χ2v) is 9.28. The Balaban J connectivity index is 1.44. The molecule has 0 N–H and O–H groups in total. The van der Waals surface area contributed by atoms with Crippen molar-refractivity contribution in [3.8, 4) is 0 Å². The van der Waals surface area contributed by atoms with Crippen molar-refractivity contribution in [1.29, 1.82) is 0 Å². The summed E-state index contributed by atoms with van der Waals surface area (Å²) in [7, 11) is 0. The molecule has 31 heavy (non-hydrogen) atoms. The van der Waals surface area contributed by atoms with Crippen LogP contribution in [-0.4, -0.2) is 46.7 Å². The first-order valence-electron chi connectivity index (χ1n) is 11.3. The van der Waals surface area contributed by atoms with Gasteiger partial charge in [0.2, 0.25) is 5.91 Å². The molecule has 4 heterocycles. The van der Waals surface area contributed by atoms with Gasteiger partial charge in [-0.3, -0.25) is 9.59 Å². The summed E-state index contributed by atoms with van der Waals surface area (Å²) in [4.78, 5) is 33.6.